The minimum atomic E-state index is 0.334. The molecule has 1 nitrogen and oxygen atoms in total. The number of Topliss-reactive ketones (excluding diaryl/α,β-unsaturated/α-hetero) is 1. The molecule has 0 aliphatic carbocycles. The van der Waals surface area contributed by atoms with Crippen molar-refractivity contribution >= 4 is 5.78 Å². The summed E-state index contributed by atoms with van der Waals surface area (Å²) < 4.78 is 0. The Kier molecular flexibility index (Phi) is 7.61. The lowest BCUT2D eigenvalue weighted by Gasteiger charge is -2.03. The Bertz CT molecular complexity index is 262. The number of hydrogen-bond donors (Lipinski definition) is 0. The Morgan fingerprint density at radius 1 is 1.13 bits per heavy atom. The lowest BCUT2D eigenvalue weighted by atomic mass is 10.0. The third kappa shape index (κ3) is 6.89. The summed E-state index contributed by atoms with van der Waals surface area (Å²) in [6.45, 7) is 8.14. The van der Waals surface area contributed by atoms with Crippen molar-refractivity contribution in [2.45, 2.75) is 40.5 Å². The number of rotatable bonds is 4. The normalized spacial score (nSPS) is 9.40. The van der Waals surface area contributed by atoms with Gasteiger partial charge in [0.15, 0.2) is 0 Å². The third-order valence-corrected chi connectivity index (χ3v) is 1.88. The molecule has 1 rings (SSSR count). The average molecular weight is 206 g/mol. The van der Waals surface area contributed by atoms with E-state index in [2.05, 4.69) is 13.8 Å². The highest BCUT2D eigenvalue weighted by atomic mass is 16.1. The molecule has 0 N–H and O–H groups in total. The molecule has 0 fully saturated rings. The van der Waals surface area contributed by atoms with E-state index in [-0.39, 0.29) is 0 Å². The minimum absolute atomic E-state index is 0.334. The summed E-state index contributed by atoms with van der Waals surface area (Å²) in [5.41, 5.74) is 1.12. The van der Waals surface area contributed by atoms with Crippen LogP contribution < -0.4 is 0 Å². The van der Waals surface area contributed by atoms with E-state index in [1.807, 2.05) is 44.2 Å². The van der Waals surface area contributed by atoms with Gasteiger partial charge in [0.2, 0.25) is 0 Å². The van der Waals surface area contributed by atoms with Gasteiger partial charge in [-0.25, -0.2) is 0 Å². The van der Waals surface area contributed by atoms with Crippen molar-refractivity contribution in [2.24, 2.45) is 5.92 Å². The van der Waals surface area contributed by atoms with Crippen LogP contribution in [-0.2, 0) is 11.2 Å². The van der Waals surface area contributed by atoms with Gasteiger partial charge in [-0.2, -0.15) is 0 Å². The van der Waals surface area contributed by atoms with Crippen LogP contribution in [0.5, 0.6) is 0 Å². The van der Waals surface area contributed by atoms with Crippen LogP contribution in [-0.4, -0.2) is 5.78 Å². The largest absolute Gasteiger partial charge is 0.299 e. The van der Waals surface area contributed by atoms with Crippen molar-refractivity contribution in [3.05, 3.63) is 35.9 Å². The van der Waals surface area contributed by atoms with Crippen molar-refractivity contribution < 1.29 is 4.79 Å². The van der Waals surface area contributed by atoms with Crippen LogP contribution in [0.1, 0.15) is 39.7 Å². The summed E-state index contributed by atoms with van der Waals surface area (Å²) in [6, 6.07) is 9.91. The molecule has 0 atom stereocenters. The summed E-state index contributed by atoms with van der Waals surface area (Å²) in [7, 11) is 0. The smallest absolute Gasteiger partial charge is 0.137 e. The highest BCUT2D eigenvalue weighted by Gasteiger charge is 2.05. The second-order valence-electron chi connectivity index (χ2n) is 3.80. The van der Waals surface area contributed by atoms with Crippen molar-refractivity contribution in [3.8, 4) is 0 Å². The Morgan fingerprint density at radius 3 is 2.13 bits per heavy atom. The standard InChI is InChI=1S/C12H16O.C2H6/c1-10(2)8-12(13)9-11-6-4-3-5-7-11;1-2/h3-7,10H,8-9H2,1-2H3;1-2H3. The molecule has 0 saturated heterocycles. The van der Waals surface area contributed by atoms with Crippen LogP contribution in [0.4, 0.5) is 0 Å². The van der Waals surface area contributed by atoms with Gasteiger partial charge < -0.3 is 0 Å². The SMILES string of the molecule is CC.CC(C)CC(=O)Cc1ccccc1. The Hall–Kier alpha value is -1.11. The van der Waals surface area contributed by atoms with Crippen LogP contribution in [0.3, 0.4) is 0 Å². The topological polar surface area (TPSA) is 17.1 Å². The monoisotopic (exact) mass is 206 g/mol. The molecule has 0 aliphatic rings. The van der Waals surface area contributed by atoms with E-state index >= 15 is 0 Å². The quantitative estimate of drug-likeness (QED) is 0.731. The van der Waals surface area contributed by atoms with Crippen molar-refractivity contribution in [3.63, 3.8) is 0 Å². The number of carbonyl (C=O) groups excluding carboxylic acids is 1. The van der Waals surface area contributed by atoms with E-state index in [9.17, 15) is 4.79 Å². The number of carbonyl (C=O) groups is 1. The molecular weight excluding hydrogens is 184 g/mol. The van der Waals surface area contributed by atoms with Crippen LogP contribution in [0.25, 0.3) is 0 Å². The molecule has 84 valence electrons. The second-order valence-corrected chi connectivity index (χ2v) is 3.80. The maximum atomic E-state index is 11.4. The highest BCUT2D eigenvalue weighted by molar-refractivity contribution is 5.80. The zero-order chi connectivity index (χ0) is 11.7. The van der Waals surface area contributed by atoms with Gasteiger partial charge in [0.05, 0.1) is 0 Å². The summed E-state index contributed by atoms with van der Waals surface area (Å²) in [5, 5.41) is 0. The third-order valence-electron chi connectivity index (χ3n) is 1.88. The Morgan fingerprint density at radius 2 is 1.67 bits per heavy atom. The fourth-order valence-corrected chi connectivity index (χ4v) is 1.35. The van der Waals surface area contributed by atoms with Gasteiger partial charge in [-0.1, -0.05) is 58.0 Å². The first-order valence-corrected chi connectivity index (χ1v) is 5.74. The van der Waals surface area contributed by atoms with Gasteiger partial charge in [-0.3, -0.25) is 4.79 Å². The maximum absolute atomic E-state index is 11.4. The zero-order valence-electron chi connectivity index (χ0n) is 10.3. The lowest BCUT2D eigenvalue weighted by Crippen LogP contribution is -2.05. The first kappa shape index (κ1) is 13.9. The summed E-state index contributed by atoms with van der Waals surface area (Å²) >= 11 is 0. The highest BCUT2D eigenvalue weighted by Crippen LogP contribution is 2.06. The predicted molar refractivity (Wildman–Crippen MR) is 66.0 cm³/mol. The fourth-order valence-electron chi connectivity index (χ4n) is 1.35. The van der Waals surface area contributed by atoms with Gasteiger partial charge in [0.1, 0.15) is 5.78 Å². The molecule has 15 heavy (non-hydrogen) atoms. The first-order chi connectivity index (χ1) is 7.18. The van der Waals surface area contributed by atoms with Crippen LogP contribution >= 0.6 is 0 Å². The zero-order valence-corrected chi connectivity index (χ0v) is 10.3. The number of benzene rings is 1. The molecule has 0 amide bonds. The lowest BCUT2D eigenvalue weighted by molar-refractivity contribution is -0.119. The van der Waals surface area contributed by atoms with Crippen LogP contribution in [0.2, 0.25) is 0 Å². The molecule has 0 aromatic heterocycles. The molecule has 0 aliphatic heterocycles. The van der Waals surface area contributed by atoms with E-state index in [4.69, 9.17) is 0 Å². The van der Waals surface area contributed by atoms with Crippen molar-refractivity contribution in [2.75, 3.05) is 0 Å². The summed E-state index contributed by atoms with van der Waals surface area (Å²) in [4.78, 5) is 11.4. The average Bonchev–Trinajstić information content (AvgIpc) is 2.21. The van der Waals surface area contributed by atoms with E-state index in [0.29, 0.717) is 24.5 Å². The van der Waals surface area contributed by atoms with E-state index in [1.165, 1.54) is 0 Å². The predicted octanol–water partition coefficient (Wildman–Crippen LogP) is 3.87. The number of hydrogen-bond acceptors (Lipinski definition) is 1. The van der Waals surface area contributed by atoms with Gasteiger partial charge in [-0.15, -0.1) is 0 Å². The molecule has 0 bridgehead atoms. The molecule has 0 spiro atoms. The van der Waals surface area contributed by atoms with E-state index in [0.717, 1.165) is 5.56 Å². The van der Waals surface area contributed by atoms with Gasteiger partial charge in [0.25, 0.3) is 0 Å². The summed E-state index contributed by atoms with van der Waals surface area (Å²) in [6.07, 6.45) is 1.27. The molecule has 0 heterocycles. The molecular formula is C14H22O. The van der Waals surface area contributed by atoms with Crippen LogP contribution in [0.15, 0.2) is 30.3 Å². The van der Waals surface area contributed by atoms with Crippen molar-refractivity contribution in [1.82, 2.24) is 0 Å². The van der Waals surface area contributed by atoms with Gasteiger partial charge in [-0.05, 0) is 11.5 Å². The molecule has 1 aromatic carbocycles. The van der Waals surface area contributed by atoms with E-state index in [1.54, 1.807) is 0 Å². The molecule has 1 aromatic rings. The fraction of sp³-hybridized carbons (Fsp3) is 0.500. The Labute approximate surface area is 93.5 Å². The van der Waals surface area contributed by atoms with Gasteiger partial charge in [0, 0.05) is 12.8 Å². The van der Waals surface area contributed by atoms with Crippen LogP contribution in [0, 0.1) is 5.92 Å². The molecule has 0 saturated carbocycles. The van der Waals surface area contributed by atoms with Gasteiger partial charge >= 0.3 is 0 Å². The second kappa shape index (κ2) is 8.22. The number of ketones is 1. The maximum Gasteiger partial charge on any atom is 0.137 e. The summed E-state index contributed by atoms with van der Waals surface area (Å²) in [5.74, 6) is 0.803. The Balaban J connectivity index is 0.000000921. The molecule has 0 unspecified atom stereocenters. The minimum Gasteiger partial charge on any atom is -0.299 e. The molecule has 1 heteroatoms. The first-order valence-electron chi connectivity index (χ1n) is 5.74. The van der Waals surface area contributed by atoms with Crippen molar-refractivity contribution in [1.29, 1.82) is 0 Å². The van der Waals surface area contributed by atoms with E-state index < -0.39 is 0 Å². The molecule has 0 radical (unpaired) electrons.